The van der Waals surface area contributed by atoms with Gasteiger partial charge in [-0.1, -0.05) is 85.6 Å². The van der Waals surface area contributed by atoms with Gasteiger partial charge in [0.15, 0.2) is 0 Å². The molecule has 0 heterocycles. The van der Waals surface area contributed by atoms with E-state index >= 15 is 4.39 Å². The van der Waals surface area contributed by atoms with Crippen LogP contribution < -0.4 is 0 Å². The molecule has 0 aliphatic heterocycles. The number of benzene rings is 4. The Balaban J connectivity index is 1.46. The third-order valence-corrected chi connectivity index (χ3v) is 5.92. The van der Waals surface area contributed by atoms with Crippen molar-refractivity contribution in [3.8, 4) is 23.7 Å². The minimum Gasteiger partial charge on any atom is -0.205 e. The highest BCUT2D eigenvalue weighted by atomic mass is 19.1. The fourth-order valence-corrected chi connectivity index (χ4v) is 3.97. The number of fused-ring (bicyclic) bond motifs is 1. The van der Waals surface area contributed by atoms with Gasteiger partial charge in [-0.15, -0.1) is 0 Å². The number of rotatable bonds is 5. The highest BCUT2D eigenvalue weighted by Gasteiger charge is 2.06. The zero-order chi connectivity index (χ0) is 24.5. The maximum Gasteiger partial charge on any atom is 0.146 e. The molecule has 0 nitrogen and oxygen atoms in total. The van der Waals surface area contributed by atoms with E-state index in [1.807, 2.05) is 49.4 Å². The van der Waals surface area contributed by atoms with E-state index in [1.165, 1.54) is 11.1 Å². The predicted octanol–water partition coefficient (Wildman–Crippen LogP) is 8.24. The Morgan fingerprint density at radius 1 is 0.686 bits per heavy atom. The molecule has 0 spiro atoms. The molecule has 4 aromatic rings. The van der Waals surface area contributed by atoms with E-state index < -0.39 is 0 Å². The van der Waals surface area contributed by atoms with Crippen molar-refractivity contribution in [2.75, 3.05) is 0 Å². The van der Waals surface area contributed by atoms with E-state index in [-0.39, 0.29) is 5.82 Å². The van der Waals surface area contributed by atoms with Gasteiger partial charge in [-0.05, 0) is 85.2 Å². The lowest BCUT2D eigenvalue weighted by Crippen LogP contribution is -1.89. The van der Waals surface area contributed by atoms with Crippen LogP contribution >= 0.6 is 0 Å². The van der Waals surface area contributed by atoms with Gasteiger partial charge in [0.1, 0.15) is 5.82 Å². The van der Waals surface area contributed by atoms with Gasteiger partial charge in [0, 0.05) is 22.1 Å². The first kappa shape index (κ1) is 24.1. The zero-order valence-corrected chi connectivity index (χ0v) is 20.4. The van der Waals surface area contributed by atoms with Crippen LogP contribution in [0.25, 0.3) is 10.8 Å². The Morgan fingerprint density at radius 2 is 1.29 bits per heavy atom. The molecule has 1 heteroatoms. The molecule has 172 valence electrons. The molecule has 0 unspecified atom stereocenters. The number of hydrogen-bond donors (Lipinski definition) is 0. The SMILES string of the molecule is C/C=C/CCc1ccc2c(F)c(C#Cc3ccc(C#Cc4ccc(CCC)cc4)cc3)ccc2c1. The quantitative estimate of drug-likeness (QED) is 0.209. The standard InChI is InChI=1S/C34H29F/c1-3-5-6-8-30-20-24-33-32(25-30)23-22-31(34(33)35)21-19-29-17-15-28(16-18-29)14-13-27-11-9-26(7-4-2)10-12-27/h3,5,9-12,15-18,20,22-25H,4,6-8H2,1-2H3/b5-3+. The molecular formula is C34H29F. The average Bonchev–Trinajstić information content (AvgIpc) is 2.89. The lowest BCUT2D eigenvalue weighted by molar-refractivity contribution is 0.636. The molecule has 0 fully saturated rings. The van der Waals surface area contributed by atoms with Gasteiger partial charge < -0.3 is 0 Å². The fourth-order valence-electron chi connectivity index (χ4n) is 3.97. The van der Waals surface area contributed by atoms with E-state index in [0.29, 0.717) is 10.9 Å². The van der Waals surface area contributed by atoms with Crippen molar-refractivity contribution in [2.24, 2.45) is 0 Å². The highest BCUT2D eigenvalue weighted by molar-refractivity contribution is 5.85. The van der Waals surface area contributed by atoms with Gasteiger partial charge in [0.2, 0.25) is 0 Å². The van der Waals surface area contributed by atoms with Crippen molar-refractivity contribution >= 4 is 10.8 Å². The molecular weight excluding hydrogens is 427 g/mol. The van der Waals surface area contributed by atoms with E-state index in [0.717, 1.165) is 47.8 Å². The summed E-state index contributed by atoms with van der Waals surface area (Å²) in [6.45, 7) is 4.21. The van der Waals surface area contributed by atoms with Crippen molar-refractivity contribution in [3.05, 3.63) is 130 Å². The molecule has 0 bridgehead atoms. The van der Waals surface area contributed by atoms with Crippen LogP contribution in [0.1, 0.15) is 60.1 Å². The second-order valence-corrected chi connectivity index (χ2v) is 8.61. The predicted molar refractivity (Wildman–Crippen MR) is 146 cm³/mol. The van der Waals surface area contributed by atoms with E-state index in [4.69, 9.17) is 0 Å². The first-order valence-corrected chi connectivity index (χ1v) is 12.2. The summed E-state index contributed by atoms with van der Waals surface area (Å²) in [5, 5.41) is 1.52. The molecule has 35 heavy (non-hydrogen) atoms. The molecule has 0 aliphatic carbocycles. The summed E-state index contributed by atoms with van der Waals surface area (Å²) in [7, 11) is 0. The minimum atomic E-state index is -0.262. The molecule has 0 saturated carbocycles. The van der Waals surface area contributed by atoms with Crippen LogP contribution in [0.4, 0.5) is 4.39 Å². The second kappa shape index (κ2) is 11.9. The minimum absolute atomic E-state index is 0.262. The molecule has 4 rings (SSSR count). The third kappa shape index (κ3) is 6.50. The average molecular weight is 457 g/mol. The monoisotopic (exact) mass is 456 g/mol. The van der Waals surface area contributed by atoms with Crippen LogP contribution in [-0.2, 0) is 12.8 Å². The molecule has 0 amide bonds. The van der Waals surface area contributed by atoms with Crippen LogP contribution in [0.5, 0.6) is 0 Å². The van der Waals surface area contributed by atoms with E-state index in [2.05, 4.69) is 73.1 Å². The molecule has 0 radical (unpaired) electrons. The summed E-state index contributed by atoms with van der Waals surface area (Å²) in [4.78, 5) is 0. The molecule has 0 saturated heterocycles. The van der Waals surface area contributed by atoms with E-state index in [9.17, 15) is 0 Å². The summed E-state index contributed by atoms with van der Waals surface area (Å²) in [6.07, 6.45) is 8.39. The maximum atomic E-state index is 15.1. The normalized spacial score (nSPS) is 10.6. The lowest BCUT2D eigenvalue weighted by atomic mass is 10.0. The Hall–Kier alpha value is -4.07. The first-order chi connectivity index (χ1) is 17.2. The van der Waals surface area contributed by atoms with Crippen molar-refractivity contribution < 1.29 is 4.39 Å². The zero-order valence-electron chi connectivity index (χ0n) is 20.4. The Labute approximate surface area is 208 Å². The lowest BCUT2D eigenvalue weighted by Gasteiger charge is -2.05. The summed E-state index contributed by atoms with van der Waals surface area (Å²) in [5.74, 6) is 12.2. The number of halogens is 1. The number of allylic oxidation sites excluding steroid dienone is 2. The smallest absolute Gasteiger partial charge is 0.146 e. The van der Waals surface area contributed by atoms with Crippen LogP contribution in [0.15, 0.2) is 91.0 Å². The van der Waals surface area contributed by atoms with Gasteiger partial charge in [-0.2, -0.15) is 0 Å². The van der Waals surface area contributed by atoms with E-state index in [1.54, 1.807) is 6.07 Å². The van der Waals surface area contributed by atoms with Crippen molar-refractivity contribution in [1.29, 1.82) is 0 Å². The van der Waals surface area contributed by atoms with Gasteiger partial charge >= 0.3 is 0 Å². The van der Waals surface area contributed by atoms with Crippen molar-refractivity contribution in [1.82, 2.24) is 0 Å². The third-order valence-electron chi connectivity index (χ3n) is 5.92. The Morgan fingerprint density at radius 3 is 1.91 bits per heavy atom. The molecule has 0 N–H and O–H groups in total. The molecule has 4 aromatic carbocycles. The second-order valence-electron chi connectivity index (χ2n) is 8.61. The highest BCUT2D eigenvalue weighted by Crippen LogP contribution is 2.23. The topological polar surface area (TPSA) is 0 Å². The molecule has 0 aliphatic rings. The summed E-state index contributed by atoms with van der Waals surface area (Å²) < 4.78 is 15.1. The Bertz CT molecular complexity index is 1450. The first-order valence-electron chi connectivity index (χ1n) is 12.2. The van der Waals surface area contributed by atoms with Crippen molar-refractivity contribution in [3.63, 3.8) is 0 Å². The summed E-state index contributed by atoms with van der Waals surface area (Å²) in [5.41, 5.74) is 5.73. The van der Waals surface area contributed by atoms with Crippen LogP contribution in [0, 0.1) is 29.5 Å². The largest absolute Gasteiger partial charge is 0.205 e. The van der Waals surface area contributed by atoms with Crippen LogP contribution in [0.2, 0.25) is 0 Å². The number of hydrogen-bond acceptors (Lipinski definition) is 0. The number of aryl methyl sites for hydroxylation is 2. The summed E-state index contributed by atoms with van der Waals surface area (Å²) in [6, 6.07) is 25.8. The molecule has 0 atom stereocenters. The summed E-state index contributed by atoms with van der Waals surface area (Å²) >= 11 is 0. The van der Waals surface area contributed by atoms with Gasteiger partial charge in [0.25, 0.3) is 0 Å². The van der Waals surface area contributed by atoms with Gasteiger partial charge in [0.05, 0.1) is 5.56 Å². The van der Waals surface area contributed by atoms with Gasteiger partial charge in [-0.3, -0.25) is 0 Å². The van der Waals surface area contributed by atoms with Crippen LogP contribution in [-0.4, -0.2) is 0 Å². The maximum absolute atomic E-state index is 15.1. The van der Waals surface area contributed by atoms with Gasteiger partial charge in [-0.25, -0.2) is 4.39 Å². The van der Waals surface area contributed by atoms with Crippen LogP contribution in [0.3, 0.4) is 0 Å². The molecule has 0 aromatic heterocycles. The van der Waals surface area contributed by atoms with Crippen molar-refractivity contribution in [2.45, 2.75) is 39.5 Å². The Kier molecular flexibility index (Phi) is 8.17. The fraction of sp³-hybridized carbons (Fsp3) is 0.176.